The molecule has 3 rings (SSSR count). The van der Waals surface area contributed by atoms with Crippen molar-refractivity contribution in [2.45, 2.75) is 32.3 Å². The van der Waals surface area contributed by atoms with E-state index >= 15 is 0 Å². The van der Waals surface area contributed by atoms with E-state index in [2.05, 4.69) is 15.6 Å². The van der Waals surface area contributed by atoms with Crippen LogP contribution < -0.4 is 15.4 Å². The lowest BCUT2D eigenvalue weighted by Gasteiger charge is -2.21. The van der Waals surface area contributed by atoms with Gasteiger partial charge in [0.05, 0.1) is 6.61 Å². The van der Waals surface area contributed by atoms with Gasteiger partial charge in [-0.2, -0.15) is 0 Å². The monoisotopic (exact) mass is 537 g/mol. The van der Waals surface area contributed by atoms with Crippen LogP contribution in [-0.4, -0.2) is 59.3 Å². The summed E-state index contributed by atoms with van der Waals surface area (Å²) in [6.45, 7) is 5.26. The Labute approximate surface area is 195 Å². The highest BCUT2D eigenvalue weighted by atomic mass is 127. The second kappa shape index (κ2) is 14.0. The zero-order valence-corrected chi connectivity index (χ0v) is 19.9. The molecule has 2 aliphatic heterocycles. The Balaban J connectivity index is 0.00000320. The highest BCUT2D eigenvalue weighted by molar-refractivity contribution is 14.0. The van der Waals surface area contributed by atoms with Crippen LogP contribution in [0.2, 0.25) is 0 Å². The van der Waals surface area contributed by atoms with E-state index in [9.17, 15) is 4.39 Å². The first-order valence-electron chi connectivity index (χ1n) is 10.4. The maximum absolute atomic E-state index is 13.8. The van der Waals surface area contributed by atoms with Crippen LogP contribution in [-0.2, 0) is 27.2 Å². The number of ether oxygens (including phenoxy) is 4. The zero-order valence-electron chi connectivity index (χ0n) is 17.6. The molecule has 0 radical (unpaired) electrons. The van der Waals surface area contributed by atoms with Gasteiger partial charge < -0.3 is 29.6 Å². The molecule has 1 fully saturated rings. The summed E-state index contributed by atoms with van der Waals surface area (Å²) in [5.41, 5.74) is 1.60. The molecule has 1 aromatic rings. The van der Waals surface area contributed by atoms with Crippen molar-refractivity contribution in [2.75, 3.05) is 53.4 Å². The molecule has 1 saturated heterocycles. The van der Waals surface area contributed by atoms with Gasteiger partial charge in [-0.1, -0.05) is 0 Å². The number of fused-ring (bicyclic) bond motifs is 1. The highest BCUT2D eigenvalue weighted by Gasteiger charge is 2.17. The van der Waals surface area contributed by atoms with Gasteiger partial charge in [-0.15, -0.1) is 24.0 Å². The number of hydrogen-bond acceptors (Lipinski definition) is 5. The van der Waals surface area contributed by atoms with E-state index in [-0.39, 0.29) is 36.6 Å². The normalized spacial score (nSPS) is 16.9. The van der Waals surface area contributed by atoms with Crippen molar-refractivity contribution in [1.82, 2.24) is 10.6 Å². The van der Waals surface area contributed by atoms with E-state index in [1.165, 1.54) is 12.1 Å². The van der Waals surface area contributed by atoms with Crippen LogP contribution in [0.25, 0.3) is 0 Å². The van der Waals surface area contributed by atoms with Gasteiger partial charge >= 0.3 is 0 Å². The molecule has 0 aliphatic carbocycles. The maximum atomic E-state index is 13.8. The fraction of sp³-hybridized carbons (Fsp3) is 0.667. The minimum absolute atomic E-state index is 0. The molecule has 0 unspecified atom stereocenters. The number of hydrogen-bond donors (Lipinski definition) is 2. The second-order valence-corrected chi connectivity index (χ2v) is 7.32. The quantitative estimate of drug-likeness (QED) is 0.219. The van der Waals surface area contributed by atoms with Gasteiger partial charge in [0, 0.05) is 52.1 Å². The highest BCUT2D eigenvalue weighted by Crippen LogP contribution is 2.29. The van der Waals surface area contributed by atoms with Gasteiger partial charge in [-0.25, -0.2) is 4.39 Å². The number of guanidine groups is 1. The predicted molar refractivity (Wildman–Crippen MR) is 124 cm³/mol. The minimum atomic E-state index is -0.267. The Bertz CT molecular complexity index is 672. The van der Waals surface area contributed by atoms with Crippen molar-refractivity contribution in [3.05, 3.63) is 29.1 Å². The SMILES string of the molecule is CN=C(NCCCOCC1CCOCC1)NCCc1cc(F)cc2c1OCOC2.I. The molecule has 0 atom stereocenters. The number of halogens is 2. The molecule has 0 spiro atoms. The van der Waals surface area contributed by atoms with Crippen LogP contribution >= 0.6 is 24.0 Å². The summed E-state index contributed by atoms with van der Waals surface area (Å²) < 4.78 is 35.7. The number of aliphatic imine (C=N–C) groups is 1. The molecule has 2 heterocycles. The van der Waals surface area contributed by atoms with E-state index in [4.69, 9.17) is 18.9 Å². The van der Waals surface area contributed by atoms with E-state index in [1.807, 2.05) is 0 Å². The fourth-order valence-electron chi connectivity index (χ4n) is 3.52. The first-order valence-corrected chi connectivity index (χ1v) is 10.4. The van der Waals surface area contributed by atoms with Crippen molar-refractivity contribution in [2.24, 2.45) is 10.9 Å². The zero-order chi connectivity index (χ0) is 20.3. The van der Waals surface area contributed by atoms with Gasteiger partial charge in [0.15, 0.2) is 12.8 Å². The van der Waals surface area contributed by atoms with E-state index in [0.29, 0.717) is 25.5 Å². The molecule has 170 valence electrons. The van der Waals surface area contributed by atoms with Crippen LogP contribution in [0.4, 0.5) is 4.39 Å². The molecule has 0 amide bonds. The molecule has 0 bridgehead atoms. The topological polar surface area (TPSA) is 73.3 Å². The number of nitrogens with one attached hydrogen (secondary N) is 2. The van der Waals surface area contributed by atoms with Crippen molar-refractivity contribution in [1.29, 1.82) is 0 Å². The maximum Gasteiger partial charge on any atom is 0.190 e. The number of benzene rings is 1. The minimum Gasteiger partial charge on any atom is -0.467 e. The summed E-state index contributed by atoms with van der Waals surface area (Å²) >= 11 is 0. The molecule has 0 aromatic heterocycles. The number of nitrogens with zero attached hydrogens (tertiary/aromatic N) is 1. The van der Waals surface area contributed by atoms with Gasteiger partial charge in [0.25, 0.3) is 0 Å². The fourth-order valence-corrected chi connectivity index (χ4v) is 3.52. The lowest BCUT2D eigenvalue weighted by Crippen LogP contribution is -2.39. The third-order valence-electron chi connectivity index (χ3n) is 5.11. The Hall–Kier alpha value is -1.17. The van der Waals surface area contributed by atoms with E-state index < -0.39 is 0 Å². The van der Waals surface area contributed by atoms with Crippen molar-refractivity contribution < 1.29 is 23.3 Å². The third kappa shape index (κ3) is 8.16. The van der Waals surface area contributed by atoms with Crippen molar-refractivity contribution in [3.8, 4) is 5.75 Å². The van der Waals surface area contributed by atoms with Crippen LogP contribution in [0.3, 0.4) is 0 Å². The molecule has 9 heteroatoms. The average Bonchev–Trinajstić information content (AvgIpc) is 2.75. The van der Waals surface area contributed by atoms with Crippen LogP contribution in [0.15, 0.2) is 17.1 Å². The summed E-state index contributed by atoms with van der Waals surface area (Å²) in [6, 6.07) is 2.99. The predicted octanol–water partition coefficient (Wildman–Crippen LogP) is 2.85. The van der Waals surface area contributed by atoms with Gasteiger partial charge in [-0.05, 0) is 49.3 Å². The van der Waals surface area contributed by atoms with Crippen LogP contribution in [0.1, 0.15) is 30.4 Å². The molecule has 1 aromatic carbocycles. The van der Waals surface area contributed by atoms with E-state index in [0.717, 1.165) is 75.1 Å². The van der Waals surface area contributed by atoms with Crippen molar-refractivity contribution >= 4 is 29.9 Å². The number of rotatable bonds is 9. The largest absolute Gasteiger partial charge is 0.467 e. The lowest BCUT2D eigenvalue weighted by molar-refractivity contribution is -0.0172. The summed E-state index contributed by atoms with van der Waals surface area (Å²) in [6.07, 6.45) is 3.74. The molecular formula is C21H33FIN3O4. The Morgan fingerprint density at radius 3 is 2.80 bits per heavy atom. The first-order chi connectivity index (χ1) is 14.3. The molecule has 2 N–H and O–H groups in total. The molecular weight excluding hydrogens is 504 g/mol. The summed E-state index contributed by atoms with van der Waals surface area (Å²) in [7, 11) is 1.74. The summed E-state index contributed by atoms with van der Waals surface area (Å²) in [4.78, 5) is 4.23. The smallest absolute Gasteiger partial charge is 0.190 e. The molecule has 2 aliphatic rings. The lowest BCUT2D eigenvalue weighted by atomic mass is 10.0. The summed E-state index contributed by atoms with van der Waals surface area (Å²) in [5.74, 6) is 1.83. The Kier molecular flexibility index (Phi) is 11.7. The van der Waals surface area contributed by atoms with Gasteiger partial charge in [0.2, 0.25) is 0 Å². The van der Waals surface area contributed by atoms with Gasteiger partial charge in [0.1, 0.15) is 11.6 Å². The molecule has 7 nitrogen and oxygen atoms in total. The van der Waals surface area contributed by atoms with Crippen molar-refractivity contribution in [3.63, 3.8) is 0 Å². The van der Waals surface area contributed by atoms with Gasteiger partial charge in [-0.3, -0.25) is 4.99 Å². The average molecular weight is 537 g/mol. The molecule has 30 heavy (non-hydrogen) atoms. The van der Waals surface area contributed by atoms with E-state index in [1.54, 1.807) is 7.05 Å². The van der Waals surface area contributed by atoms with Crippen LogP contribution in [0, 0.1) is 11.7 Å². The standard InChI is InChI=1S/C21H32FN3O4.HI/c1-23-21(24-6-2-8-27-13-16-4-9-26-10-5-16)25-7-3-17-11-19(22)12-18-14-28-15-29-20(17)18;/h11-12,16H,2-10,13-15H2,1H3,(H2,23,24,25);1H. The van der Waals surface area contributed by atoms with Crippen LogP contribution in [0.5, 0.6) is 5.75 Å². The molecule has 0 saturated carbocycles. The first kappa shape index (κ1) is 25.1. The Morgan fingerprint density at radius 1 is 1.20 bits per heavy atom. The third-order valence-corrected chi connectivity index (χ3v) is 5.11. The Morgan fingerprint density at radius 2 is 2.00 bits per heavy atom. The second-order valence-electron chi connectivity index (χ2n) is 7.32. The summed E-state index contributed by atoms with van der Waals surface area (Å²) in [5, 5.41) is 6.54.